The second-order valence-corrected chi connectivity index (χ2v) is 5.54. The first-order valence-corrected chi connectivity index (χ1v) is 6.24. The number of likely N-dealkylation sites (tertiary alicyclic amines) is 2. The Balaban J connectivity index is 2.12. The molecule has 2 fully saturated rings. The molecule has 1 atom stereocenters. The van der Waals surface area contributed by atoms with Crippen molar-refractivity contribution < 1.29 is 14.7 Å². The van der Waals surface area contributed by atoms with Crippen LogP contribution in [0.25, 0.3) is 0 Å². The van der Waals surface area contributed by atoms with Gasteiger partial charge in [-0.1, -0.05) is 0 Å². The topological polar surface area (TPSA) is 60.9 Å². The average Bonchev–Trinajstić information content (AvgIpc) is 2.82. The molecule has 0 bridgehead atoms. The summed E-state index contributed by atoms with van der Waals surface area (Å²) >= 11 is 0. The van der Waals surface area contributed by atoms with Crippen molar-refractivity contribution in [2.75, 3.05) is 13.1 Å². The highest BCUT2D eigenvalue weighted by atomic mass is 16.4. The van der Waals surface area contributed by atoms with E-state index in [2.05, 4.69) is 0 Å². The zero-order valence-corrected chi connectivity index (χ0v) is 10.5. The minimum atomic E-state index is -0.882. The van der Waals surface area contributed by atoms with Crippen LogP contribution in [0, 0.1) is 0 Å². The Bertz CT molecular complexity index is 341. The molecule has 0 aromatic heterocycles. The van der Waals surface area contributed by atoms with Crippen LogP contribution >= 0.6 is 0 Å². The minimum absolute atomic E-state index is 0.0996. The summed E-state index contributed by atoms with van der Waals surface area (Å²) in [5.74, 6) is -0.882. The van der Waals surface area contributed by atoms with Gasteiger partial charge < -0.3 is 14.9 Å². The van der Waals surface area contributed by atoms with E-state index in [1.54, 1.807) is 0 Å². The lowest BCUT2D eigenvalue weighted by Crippen LogP contribution is -2.52. The lowest BCUT2D eigenvalue weighted by molar-refractivity contribution is -0.141. The molecule has 2 saturated heterocycles. The van der Waals surface area contributed by atoms with Gasteiger partial charge in [-0.2, -0.15) is 0 Å². The standard InChI is InChI=1S/C12H20N2O3/c1-12(2)6-4-8-14(12)11(17)13-7-3-5-9(13)10(15)16/h9H,3-8H2,1-2H3,(H,15,16)/t9-/m0/s1. The molecule has 2 aliphatic rings. The Morgan fingerprint density at radius 3 is 2.47 bits per heavy atom. The smallest absolute Gasteiger partial charge is 0.326 e. The number of carbonyl (C=O) groups excluding carboxylic acids is 1. The molecule has 1 N–H and O–H groups in total. The summed E-state index contributed by atoms with van der Waals surface area (Å²) in [6, 6.07) is -0.726. The van der Waals surface area contributed by atoms with Gasteiger partial charge in [-0.25, -0.2) is 9.59 Å². The molecule has 5 nitrogen and oxygen atoms in total. The maximum atomic E-state index is 12.4. The van der Waals surface area contributed by atoms with Gasteiger partial charge in [-0.15, -0.1) is 0 Å². The van der Waals surface area contributed by atoms with Crippen LogP contribution in [0.2, 0.25) is 0 Å². The lowest BCUT2D eigenvalue weighted by atomic mass is 10.0. The predicted octanol–water partition coefficient (Wildman–Crippen LogP) is 1.53. The molecule has 0 aromatic rings. The molecular formula is C12H20N2O3. The molecule has 17 heavy (non-hydrogen) atoms. The summed E-state index contributed by atoms with van der Waals surface area (Å²) in [7, 11) is 0. The fraction of sp³-hybridized carbons (Fsp3) is 0.833. The molecule has 2 rings (SSSR count). The Kier molecular flexibility index (Phi) is 3.02. The Morgan fingerprint density at radius 2 is 1.94 bits per heavy atom. The number of carboxylic acid groups (broad SMARTS) is 1. The zero-order valence-electron chi connectivity index (χ0n) is 10.5. The third-order valence-electron chi connectivity index (χ3n) is 3.92. The summed E-state index contributed by atoms with van der Waals surface area (Å²) < 4.78 is 0. The van der Waals surface area contributed by atoms with Crippen LogP contribution in [0.15, 0.2) is 0 Å². The van der Waals surface area contributed by atoms with E-state index in [1.807, 2.05) is 18.7 Å². The second kappa shape index (κ2) is 4.20. The van der Waals surface area contributed by atoms with Gasteiger partial charge >= 0.3 is 12.0 Å². The SMILES string of the molecule is CC1(C)CCCN1C(=O)N1CCC[C@H]1C(=O)O. The van der Waals surface area contributed by atoms with Gasteiger partial charge in [0.05, 0.1) is 0 Å². The molecule has 0 spiro atoms. The molecule has 0 aromatic carbocycles. The van der Waals surface area contributed by atoms with Crippen molar-refractivity contribution in [1.82, 2.24) is 9.80 Å². The largest absolute Gasteiger partial charge is 0.480 e. The van der Waals surface area contributed by atoms with Crippen molar-refractivity contribution in [1.29, 1.82) is 0 Å². The van der Waals surface area contributed by atoms with Gasteiger partial charge in [0, 0.05) is 18.6 Å². The number of rotatable bonds is 1. The molecule has 96 valence electrons. The number of amides is 2. The molecule has 0 unspecified atom stereocenters. The maximum Gasteiger partial charge on any atom is 0.326 e. The first-order chi connectivity index (χ1) is 7.93. The van der Waals surface area contributed by atoms with Crippen molar-refractivity contribution in [3.63, 3.8) is 0 Å². The summed E-state index contributed by atoms with van der Waals surface area (Å²) in [6.45, 7) is 5.41. The van der Waals surface area contributed by atoms with Crippen LogP contribution in [0.1, 0.15) is 39.5 Å². The van der Waals surface area contributed by atoms with E-state index >= 15 is 0 Å². The van der Waals surface area contributed by atoms with Crippen molar-refractivity contribution in [2.45, 2.75) is 51.1 Å². The fourth-order valence-corrected chi connectivity index (χ4v) is 2.87. The maximum absolute atomic E-state index is 12.4. The van der Waals surface area contributed by atoms with E-state index in [-0.39, 0.29) is 11.6 Å². The molecular weight excluding hydrogens is 220 g/mol. The molecule has 2 amide bonds. The van der Waals surface area contributed by atoms with Gasteiger partial charge in [0.1, 0.15) is 6.04 Å². The van der Waals surface area contributed by atoms with E-state index in [0.29, 0.717) is 13.0 Å². The monoisotopic (exact) mass is 240 g/mol. The van der Waals surface area contributed by atoms with Crippen LogP contribution in [-0.4, -0.2) is 51.6 Å². The minimum Gasteiger partial charge on any atom is -0.480 e. The summed E-state index contributed by atoms with van der Waals surface area (Å²) in [4.78, 5) is 26.8. The summed E-state index contributed by atoms with van der Waals surface area (Å²) in [5, 5.41) is 9.09. The summed E-state index contributed by atoms with van der Waals surface area (Å²) in [6.07, 6.45) is 3.36. The molecule has 0 radical (unpaired) electrons. The van der Waals surface area contributed by atoms with Crippen LogP contribution < -0.4 is 0 Å². The number of aliphatic carboxylic acids is 1. The first-order valence-electron chi connectivity index (χ1n) is 6.24. The quantitative estimate of drug-likeness (QED) is 0.756. The molecule has 5 heteroatoms. The van der Waals surface area contributed by atoms with E-state index in [4.69, 9.17) is 5.11 Å². The normalized spacial score (nSPS) is 27.5. The van der Waals surface area contributed by atoms with Crippen molar-refractivity contribution >= 4 is 12.0 Å². The van der Waals surface area contributed by atoms with Gasteiger partial charge in [0.25, 0.3) is 0 Å². The number of hydrogen-bond acceptors (Lipinski definition) is 2. The lowest BCUT2D eigenvalue weighted by Gasteiger charge is -2.36. The number of nitrogens with zero attached hydrogens (tertiary/aromatic N) is 2. The van der Waals surface area contributed by atoms with Gasteiger partial charge in [-0.3, -0.25) is 0 Å². The van der Waals surface area contributed by atoms with Crippen LogP contribution in [0.4, 0.5) is 4.79 Å². The van der Waals surface area contributed by atoms with Crippen LogP contribution in [0.3, 0.4) is 0 Å². The van der Waals surface area contributed by atoms with Gasteiger partial charge in [-0.05, 0) is 39.5 Å². The molecule has 2 heterocycles. The van der Waals surface area contributed by atoms with Gasteiger partial charge in [0.2, 0.25) is 0 Å². The predicted molar refractivity (Wildman–Crippen MR) is 62.8 cm³/mol. The van der Waals surface area contributed by atoms with E-state index in [1.165, 1.54) is 4.90 Å². The van der Waals surface area contributed by atoms with E-state index in [9.17, 15) is 9.59 Å². The average molecular weight is 240 g/mol. The third-order valence-corrected chi connectivity index (χ3v) is 3.92. The molecule has 2 aliphatic heterocycles. The van der Waals surface area contributed by atoms with Crippen molar-refractivity contribution in [2.24, 2.45) is 0 Å². The van der Waals surface area contributed by atoms with Crippen LogP contribution in [-0.2, 0) is 4.79 Å². The molecule has 0 aliphatic carbocycles. The number of hydrogen-bond donors (Lipinski definition) is 1. The van der Waals surface area contributed by atoms with E-state index < -0.39 is 12.0 Å². The second-order valence-electron chi connectivity index (χ2n) is 5.54. The number of carbonyl (C=O) groups is 2. The highest BCUT2D eigenvalue weighted by molar-refractivity contribution is 5.83. The van der Waals surface area contributed by atoms with Crippen molar-refractivity contribution in [3.05, 3.63) is 0 Å². The van der Waals surface area contributed by atoms with Crippen molar-refractivity contribution in [3.8, 4) is 0 Å². The molecule has 0 saturated carbocycles. The highest BCUT2D eigenvalue weighted by Crippen LogP contribution is 2.31. The summed E-state index contributed by atoms with van der Waals surface area (Å²) in [5.41, 5.74) is -0.136. The van der Waals surface area contributed by atoms with E-state index in [0.717, 1.165) is 25.8 Å². The zero-order chi connectivity index (χ0) is 12.6. The first kappa shape index (κ1) is 12.2. The highest BCUT2D eigenvalue weighted by Gasteiger charge is 2.42. The Morgan fingerprint density at radius 1 is 1.24 bits per heavy atom. The fourth-order valence-electron chi connectivity index (χ4n) is 2.87. The Hall–Kier alpha value is -1.26. The van der Waals surface area contributed by atoms with Gasteiger partial charge in [0.15, 0.2) is 0 Å². The number of urea groups is 1. The number of carboxylic acids is 1. The third kappa shape index (κ3) is 2.10. The van der Waals surface area contributed by atoms with Crippen LogP contribution in [0.5, 0.6) is 0 Å². The Labute approximate surface area is 101 Å².